The van der Waals surface area contributed by atoms with Crippen LogP contribution in [0.15, 0.2) is 0 Å². The van der Waals surface area contributed by atoms with Gasteiger partial charge in [-0.1, -0.05) is 59.3 Å². The molecule has 0 spiro atoms. The summed E-state index contributed by atoms with van der Waals surface area (Å²) in [5.74, 6) is 1.09. The van der Waals surface area contributed by atoms with Crippen LogP contribution in [0.1, 0.15) is 91.9 Å². The Morgan fingerprint density at radius 1 is 0.952 bits per heavy atom. The molecule has 0 N–H and O–H groups in total. The third-order valence-electron chi connectivity index (χ3n) is 6.60. The maximum absolute atomic E-state index is 11.9. The maximum atomic E-state index is 11.9. The third kappa shape index (κ3) is 3.29. The average molecular weight is 294 g/mol. The Kier molecular flexibility index (Phi) is 5.38. The molecule has 0 aliphatic heterocycles. The highest BCUT2D eigenvalue weighted by atomic mass is 16.6. The fraction of sp³-hybridized carbons (Fsp3) is 0.947. The fourth-order valence-electron chi connectivity index (χ4n) is 4.94. The Labute approximate surface area is 131 Å². The van der Waals surface area contributed by atoms with Crippen LogP contribution in [0, 0.1) is 17.3 Å². The minimum Gasteiger partial charge on any atom is -0.458 e. The molecule has 0 aromatic heterocycles. The molecule has 2 unspecified atom stereocenters. The van der Waals surface area contributed by atoms with Crippen molar-refractivity contribution in [3.8, 4) is 0 Å². The van der Waals surface area contributed by atoms with Crippen LogP contribution in [-0.2, 0) is 9.53 Å². The van der Waals surface area contributed by atoms with Crippen LogP contribution in [-0.4, -0.2) is 11.6 Å². The van der Waals surface area contributed by atoms with Crippen molar-refractivity contribution in [3.05, 3.63) is 0 Å². The lowest BCUT2D eigenvalue weighted by molar-refractivity contribution is -0.194. The van der Waals surface area contributed by atoms with Crippen molar-refractivity contribution >= 4 is 5.97 Å². The molecule has 2 aliphatic rings. The quantitative estimate of drug-likeness (QED) is 0.497. The Morgan fingerprint density at radius 2 is 1.52 bits per heavy atom. The summed E-state index contributed by atoms with van der Waals surface area (Å²) in [4.78, 5) is 11.9. The van der Waals surface area contributed by atoms with Gasteiger partial charge in [0.2, 0.25) is 0 Å². The molecule has 2 heteroatoms. The van der Waals surface area contributed by atoms with Crippen molar-refractivity contribution in [1.82, 2.24) is 0 Å². The first-order valence-corrected chi connectivity index (χ1v) is 9.10. The minimum absolute atomic E-state index is 0.0736. The van der Waals surface area contributed by atoms with Crippen molar-refractivity contribution in [1.29, 1.82) is 0 Å². The number of esters is 1. The lowest BCUT2D eigenvalue weighted by atomic mass is 9.59. The second-order valence-corrected chi connectivity index (χ2v) is 8.04. The monoisotopic (exact) mass is 294 g/mol. The van der Waals surface area contributed by atoms with E-state index in [1.54, 1.807) is 6.92 Å². The first-order chi connectivity index (χ1) is 9.90. The summed E-state index contributed by atoms with van der Waals surface area (Å²) in [6.45, 7) is 8.68. The van der Waals surface area contributed by atoms with Gasteiger partial charge >= 0.3 is 5.97 Å². The van der Waals surface area contributed by atoms with Gasteiger partial charge in [-0.25, -0.2) is 0 Å². The summed E-state index contributed by atoms with van der Waals surface area (Å²) in [5, 5.41) is 0. The first-order valence-electron chi connectivity index (χ1n) is 9.10. The lowest BCUT2D eigenvalue weighted by Crippen LogP contribution is -2.55. The number of hydrogen-bond acceptors (Lipinski definition) is 2. The predicted octanol–water partition coefficient (Wildman–Crippen LogP) is 5.50. The van der Waals surface area contributed by atoms with E-state index >= 15 is 0 Å². The SMILES string of the molecule is CC(=O)OC1(C2CCCCCC2)CCCCC(C)C1(C)C. The molecule has 0 amide bonds. The van der Waals surface area contributed by atoms with Gasteiger partial charge in [0.05, 0.1) is 0 Å². The Hall–Kier alpha value is -0.530. The van der Waals surface area contributed by atoms with E-state index in [1.165, 1.54) is 57.8 Å². The van der Waals surface area contributed by atoms with Gasteiger partial charge in [-0.05, 0) is 37.5 Å². The van der Waals surface area contributed by atoms with Crippen LogP contribution < -0.4 is 0 Å². The van der Waals surface area contributed by atoms with E-state index in [4.69, 9.17) is 4.74 Å². The molecule has 0 aromatic rings. The van der Waals surface area contributed by atoms with Crippen molar-refractivity contribution in [2.24, 2.45) is 17.3 Å². The molecule has 2 saturated carbocycles. The van der Waals surface area contributed by atoms with E-state index in [1.807, 2.05) is 0 Å². The standard InChI is InChI=1S/C19H34O2/c1-15-11-9-10-14-19(18(15,3)4,21-16(2)20)17-12-7-5-6-8-13-17/h15,17H,5-14H2,1-4H3. The highest BCUT2D eigenvalue weighted by molar-refractivity contribution is 5.66. The predicted molar refractivity (Wildman–Crippen MR) is 87.1 cm³/mol. The van der Waals surface area contributed by atoms with E-state index in [9.17, 15) is 4.79 Å². The molecular formula is C19H34O2. The van der Waals surface area contributed by atoms with Gasteiger partial charge in [0, 0.05) is 12.3 Å². The van der Waals surface area contributed by atoms with Crippen molar-refractivity contribution < 1.29 is 9.53 Å². The first kappa shape index (κ1) is 16.8. The van der Waals surface area contributed by atoms with Gasteiger partial charge < -0.3 is 4.74 Å². The van der Waals surface area contributed by atoms with Gasteiger partial charge in [0.15, 0.2) is 0 Å². The Morgan fingerprint density at radius 3 is 2.10 bits per heavy atom. The van der Waals surface area contributed by atoms with Gasteiger partial charge in [-0.2, -0.15) is 0 Å². The number of carbonyl (C=O) groups is 1. The number of ether oxygens (including phenoxy) is 1. The molecule has 0 radical (unpaired) electrons. The summed E-state index contributed by atoms with van der Waals surface area (Å²) < 4.78 is 6.20. The molecular weight excluding hydrogens is 260 g/mol. The molecule has 0 saturated heterocycles. The van der Waals surface area contributed by atoms with Crippen LogP contribution in [0.5, 0.6) is 0 Å². The van der Waals surface area contributed by atoms with E-state index in [-0.39, 0.29) is 17.0 Å². The Balaban J connectivity index is 2.39. The minimum atomic E-state index is -0.237. The van der Waals surface area contributed by atoms with E-state index in [2.05, 4.69) is 20.8 Å². The molecule has 2 nitrogen and oxygen atoms in total. The molecule has 2 aliphatic carbocycles. The van der Waals surface area contributed by atoms with Gasteiger partial charge in [0.25, 0.3) is 0 Å². The summed E-state index contributed by atoms with van der Waals surface area (Å²) in [7, 11) is 0. The van der Waals surface area contributed by atoms with E-state index in [0.29, 0.717) is 11.8 Å². The third-order valence-corrected chi connectivity index (χ3v) is 6.60. The second kappa shape index (κ2) is 6.71. The normalized spacial score (nSPS) is 34.8. The molecule has 21 heavy (non-hydrogen) atoms. The largest absolute Gasteiger partial charge is 0.458 e. The van der Waals surface area contributed by atoms with Crippen LogP contribution in [0.3, 0.4) is 0 Å². The summed E-state index contributed by atoms with van der Waals surface area (Å²) >= 11 is 0. The topological polar surface area (TPSA) is 26.3 Å². The zero-order chi connectivity index (χ0) is 15.5. The van der Waals surface area contributed by atoms with Crippen LogP contribution >= 0.6 is 0 Å². The number of carbonyl (C=O) groups excluding carboxylic acids is 1. The maximum Gasteiger partial charge on any atom is 0.303 e. The molecule has 2 fully saturated rings. The van der Waals surface area contributed by atoms with Crippen molar-refractivity contribution in [2.45, 2.75) is 97.5 Å². The molecule has 0 bridgehead atoms. The molecule has 2 atom stereocenters. The number of rotatable bonds is 2. The van der Waals surface area contributed by atoms with Crippen molar-refractivity contribution in [2.75, 3.05) is 0 Å². The van der Waals surface area contributed by atoms with Gasteiger partial charge in [-0.3, -0.25) is 4.79 Å². The van der Waals surface area contributed by atoms with E-state index in [0.717, 1.165) is 6.42 Å². The van der Waals surface area contributed by atoms with Crippen LogP contribution in [0.25, 0.3) is 0 Å². The van der Waals surface area contributed by atoms with Crippen molar-refractivity contribution in [3.63, 3.8) is 0 Å². The second-order valence-electron chi connectivity index (χ2n) is 8.04. The highest BCUT2D eigenvalue weighted by Crippen LogP contribution is 2.54. The molecule has 0 heterocycles. The fourth-order valence-corrected chi connectivity index (χ4v) is 4.94. The summed E-state index contributed by atoms with van der Waals surface area (Å²) in [6.07, 6.45) is 12.6. The van der Waals surface area contributed by atoms with E-state index < -0.39 is 0 Å². The Bertz CT molecular complexity index is 353. The zero-order valence-corrected chi connectivity index (χ0v) is 14.5. The molecule has 2 rings (SSSR count). The van der Waals surface area contributed by atoms with Crippen LogP contribution in [0.2, 0.25) is 0 Å². The zero-order valence-electron chi connectivity index (χ0n) is 14.5. The average Bonchev–Trinajstić information content (AvgIpc) is 2.74. The summed E-state index contributed by atoms with van der Waals surface area (Å²) in [6, 6.07) is 0. The molecule has 122 valence electrons. The smallest absolute Gasteiger partial charge is 0.303 e. The van der Waals surface area contributed by atoms with Crippen LogP contribution in [0.4, 0.5) is 0 Å². The lowest BCUT2D eigenvalue weighted by Gasteiger charge is -2.52. The number of hydrogen-bond donors (Lipinski definition) is 0. The summed E-state index contributed by atoms with van der Waals surface area (Å²) in [5.41, 5.74) is -0.163. The molecule has 0 aromatic carbocycles. The van der Waals surface area contributed by atoms with Gasteiger partial charge in [-0.15, -0.1) is 0 Å². The van der Waals surface area contributed by atoms with Gasteiger partial charge in [0.1, 0.15) is 5.60 Å². The highest BCUT2D eigenvalue weighted by Gasteiger charge is 2.55.